The quantitative estimate of drug-likeness (QED) is 0.712. The summed E-state index contributed by atoms with van der Waals surface area (Å²) in [6, 6.07) is 3.16. The number of aryl methyl sites for hydroxylation is 1. The molecule has 2 fully saturated rings. The summed E-state index contributed by atoms with van der Waals surface area (Å²) in [6.45, 7) is 2.21. The maximum atomic E-state index is 11.1. The number of phenols is 1. The third kappa shape index (κ3) is 2.34. The van der Waals surface area contributed by atoms with Gasteiger partial charge in [-0.25, -0.2) is 0 Å². The summed E-state index contributed by atoms with van der Waals surface area (Å²) in [6.07, 6.45) is 5.40. The summed E-state index contributed by atoms with van der Waals surface area (Å²) in [5.41, 5.74) is 1.96. The number of aliphatic hydroxyl groups is 1. The molecule has 0 radical (unpaired) electrons. The van der Waals surface area contributed by atoms with Crippen LogP contribution < -0.4 is 4.18 Å². The topological polar surface area (TPSA) is 83.8 Å². The monoisotopic (exact) mass is 352 g/mol. The van der Waals surface area contributed by atoms with Gasteiger partial charge in [-0.05, 0) is 73.3 Å². The van der Waals surface area contributed by atoms with Gasteiger partial charge in [0.1, 0.15) is 11.5 Å². The Hall–Kier alpha value is -1.27. The Bertz CT molecular complexity index is 735. The lowest BCUT2D eigenvalue weighted by Gasteiger charge is -2.50. The van der Waals surface area contributed by atoms with Crippen LogP contribution in [0.5, 0.6) is 11.5 Å². The molecule has 0 bridgehead atoms. The number of aromatic hydroxyl groups is 1. The van der Waals surface area contributed by atoms with E-state index in [1.807, 2.05) is 0 Å². The van der Waals surface area contributed by atoms with E-state index in [0.717, 1.165) is 49.7 Å². The van der Waals surface area contributed by atoms with Crippen molar-refractivity contribution in [3.8, 4) is 11.5 Å². The predicted octanol–water partition coefficient (Wildman–Crippen LogP) is 2.51. The number of hydrogen-bond donors (Lipinski definition) is 3. The second-order valence-electron chi connectivity index (χ2n) is 7.88. The summed E-state index contributed by atoms with van der Waals surface area (Å²) >= 11 is 0. The summed E-state index contributed by atoms with van der Waals surface area (Å²) < 4.78 is 27.2. The molecule has 3 aliphatic carbocycles. The largest absolute Gasteiger partial charge is 0.508 e. The van der Waals surface area contributed by atoms with Crippen molar-refractivity contribution < 1.29 is 22.8 Å². The number of hydrogen-bond acceptors (Lipinski definition) is 5. The molecule has 6 heteroatoms. The van der Waals surface area contributed by atoms with Crippen LogP contribution in [-0.4, -0.2) is 24.7 Å². The lowest BCUT2D eigenvalue weighted by molar-refractivity contribution is -0.0228. The molecule has 2 N–H and O–H groups in total. The third-order valence-corrected chi connectivity index (χ3v) is 7.24. The van der Waals surface area contributed by atoms with Crippen molar-refractivity contribution in [3.05, 3.63) is 23.3 Å². The second kappa shape index (κ2) is 5.63. The minimum Gasteiger partial charge on any atom is -0.508 e. The van der Waals surface area contributed by atoms with Crippen LogP contribution in [0.2, 0.25) is 0 Å². The molecule has 3 aliphatic rings. The van der Waals surface area contributed by atoms with Crippen LogP contribution in [0, 0.1) is 17.3 Å². The van der Waals surface area contributed by atoms with Gasteiger partial charge in [-0.2, -0.15) is 8.42 Å². The zero-order chi connectivity index (χ0) is 17.1. The molecule has 5 nitrogen and oxygen atoms in total. The van der Waals surface area contributed by atoms with Crippen LogP contribution in [-0.2, 0) is 17.4 Å². The predicted molar refractivity (Wildman–Crippen MR) is 89.7 cm³/mol. The minimum atomic E-state index is -3.01. The molecule has 5 atom stereocenters. The number of rotatable bonds is 2. The first-order valence-corrected chi connectivity index (χ1v) is 9.86. The molecule has 0 aliphatic heterocycles. The van der Waals surface area contributed by atoms with E-state index in [1.165, 1.54) is 6.07 Å². The van der Waals surface area contributed by atoms with Crippen LogP contribution in [0.25, 0.3) is 0 Å². The Morgan fingerprint density at radius 3 is 2.75 bits per heavy atom. The fourth-order valence-corrected chi connectivity index (χ4v) is 6.11. The maximum absolute atomic E-state index is 11.1. The zero-order valence-electron chi connectivity index (χ0n) is 13.8. The van der Waals surface area contributed by atoms with Crippen molar-refractivity contribution >= 4 is 11.0 Å². The van der Waals surface area contributed by atoms with E-state index in [-0.39, 0.29) is 28.9 Å². The van der Waals surface area contributed by atoms with E-state index in [4.69, 9.17) is 4.18 Å². The van der Waals surface area contributed by atoms with E-state index >= 15 is 0 Å². The average Bonchev–Trinajstić information content (AvgIpc) is 2.81. The molecule has 0 amide bonds. The standard InChI is InChI=1S/C18H24O5S/c1-18-7-6-13-12(14(18)4-5-16(18)20)3-2-10-8-11(19)9-15(17(10)13)23-24(21)22/h8-9,12-14,16,19-20,24H,2-7H2,1H3/t12-,13+,14+,16-,18+/m1/s1. The Labute approximate surface area is 143 Å². The van der Waals surface area contributed by atoms with Crippen molar-refractivity contribution in [1.82, 2.24) is 0 Å². The van der Waals surface area contributed by atoms with Gasteiger partial charge >= 0.3 is 0 Å². The zero-order valence-corrected chi connectivity index (χ0v) is 14.7. The Kier molecular flexibility index (Phi) is 3.80. The number of thiol groups is 1. The molecular weight excluding hydrogens is 328 g/mol. The van der Waals surface area contributed by atoms with E-state index < -0.39 is 11.0 Å². The summed E-state index contributed by atoms with van der Waals surface area (Å²) in [5.74, 6) is 1.52. The highest BCUT2D eigenvalue weighted by molar-refractivity contribution is 7.67. The Morgan fingerprint density at radius 2 is 2.00 bits per heavy atom. The van der Waals surface area contributed by atoms with Gasteiger partial charge in [-0.3, -0.25) is 0 Å². The van der Waals surface area contributed by atoms with Gasteiger partial charge in [0.2, 0.25) is 0 Å². The van der Waals surface area contributed by atoms with Gasteiger partial charge in [0.25, 0.3) is 11.0 Å². The van der Waals surface area contributed by atoms with Crippen molar-refractivity contribution in [2.24, 2.45) is 17.3 Å². The molecule has 0 aromatic heterocycles. The number of aliphatic hydroxyl groups excluding tert-OH is 1. The number of benzene rings is 1. The second-order valence-corrected chi connectivity index (χ2v) is 8.51. The number of phenolic OH excluding ortho intramolecular Hbond substituents is 1. The van der Waals surface area contributed by atoms with Gasteiger partial charge in [0, 0.05) is 11.6 Å². The summed E-state index contributed by atoms with van der Waals surface area (Å²) in [7, 11) is -3.01. The highest BCUT2D eigenvalue weighted by Gasteiger charge is 2.54. The molecule has 2 saturated carbocycles. The molecule has 0 spiro atoms. The first kappa shape index (κ1) is 16.2. The van der Waals surface area contributed by atoms with Crippen LogP contribution >= 0.6 is 0 Å². The molecule has 0 unspecified atom stereocenters. The Morgan fingerprint density at radius 1 is 1.21 bits per heavy atom. The van der Waals surface area contributed by atoms with Crippen LogP contribution in [0.3, 0.4) is 0 Å². The molecule has 0 saturated heterocycles. The summed E-state index contributed by atoms with van der Waals surface area (Å²) in [4.78, 5) is 0. The molecule has 1 aromatic rings. The fourth-order valence-electron chi connectivity index (χ4n) is 5.79. The van der Waals surface area contributed by atoms with Gasteiger partial charge in [0.15, 0.2) is 0 Å². The summed E-state index contributed by atoms with van der Waals surface area (Å²) in [5, 5.41) is 20.3. The Balaban J connectivity index is 1.77. The highest BCUT2D eigenvalue weighted by atomic mass is 32.2. The first-order chi connectivity index (χ1) is 11.4. The molecule has 132 valence electrons. The van der Waals surface area contributed by atoms with Crippen LogP contribution in [0.4, 0.5) is 0 Å². The van der Waals surface area contributed by atoms with Crippen molar-refractivity contribution in [1.29, 1.82) is 0 Å². The van der Waals surface area contributed by atoms with Gasteiger partial charge in [0.05, 0.1) is 6.10 Å². The average molecular weight is 352 g/mol. The highest BCUT2D eigenvalue weighted by Crippen LogP contribution is 2.62. The molecular formula is C18H24O5S. The fraction of sp³-hybridized carbons (Fsp3) is 0.667. The van der Waals surface area contributed by atoms with Crippen LogP contribution in [0.15, 0.2) is 12.1 Å². The number of fused-ring (bicyclic) bond motifs is 5. The minimum absolute atomic E-state index is 0.0136. The van der Waals surface area contributed by atoms with E-state index in [9.17, 15) is 18.6 Å². The van der Waals surface area contributed by atoms with Gasteiger partial charge in [-0.1, -0.05) is 6.92 Å². The lowest BCUT2D eigenvalue weighted by atomic mass is 9.55. The molecule has 1 aromatic carbocycles. The third-order valence-electron chi connectivity index (χ3n) is 6.89. The first-order valence-electron chi connectivity index (χ1n) is 8.76. The normalized spacial score (nSPS) is 37.6. The van der Waals surface area contributed by atoms with Gasteiger partial charge in [-0.15, -0.1) is 0 Å². The van der Waals surface area contributed by atoms with E-state index in [0.29, 0.717) is 11.8 Å². The molecule has 0 heterocycles. The maximum Gasteiger partial charge on any atom is 0.299 e. The van der Waals surface area contributed by atoms with E-state index in [2.05, 4.69) is 6.92 Å². The molecule has 4 rings (SSSR count). The van der Waals surface area contributed by atoms with Crippen LogP contribution in [0.1, 0.15) is 56.1 Å². The molecule has 24 heavy (non-hydrogen) atoms. The smallest absolute Gasteiger partial charge is 0.299 e. The lowest BCUT2D eigenvalue weighted by Crippen LogP contribution is -2.44. The van der Waals surface area contributed by atoms with Gasteiger partial charge < -0.3 is 14.4 Å². The van der Waals surface area contributed by atoms with E-state index in [1.54, 1.807) is 6.07 Å². The van der Waals surface area contributed by atoms with Crippen molar-refractivity contribution in [2.45, 2.75) is 57.5 Å². The van der Waals surface area contributed by atoms with Crippen molar-refractivity contribution in [3.63, 3.8) is 0 Å². The SMILES string of the molecule is C[C@]12CC[C@@H]3c4c(cc(O)cc4O[SH](=O)=O)CC[C@H]3[C@@H]1CC[C@H]2O. The van der Waals surface area contributed by atoms with Crippen molar-refractivity contribution in [2.75, 3.05) is 0 Å².